The van der Waals surface area contributed by atoms with Crippen LogP contribution in [0.15, 0.2) is 55.0 Å². The van der Waals surface area contributed by atoms with Crippen molar-refractivity contribution in [2.24, 2.45) is 0 Å². The third kappa shape index (κ3) is 1.82. The van der Waals surface area contributed by atoms with Crippen molar-refractivity contribution in [1.82, 2.24) is 19.7 Å². The van der Waals surface area contributed by atoms with Crippen LogP contribution < -0.4 is 5.73 Å². The Morgan fingerprint density at radius 1 is 1.00 bits per heavy atom. The van der Waals surface area contributed by atoms with Gasteiger partial charge in [-0.05, 0) is 24.3 Å². The van der Waals surface area contributed by atoms with Crippen LogP contribution in [-0.2, 0) is 0 Å². The summed E-state index contributed by atoms with van der Waals surface area (Å²) >= 11 is 0. The molecule has 0 aliphatic rings. The van der Waals surface area contributed by atoms with Crippen LogP contribution in [0.1, 0.15) is 0 Å². The highest BCUT2D eigenvalue weighted by atomic mass is 15.3. The Kier molecular flexibility index (Phi) is 2.49. The fourth-order valence-electron chi connectivity index (χ4n) is 1.72. The molecule has 0 spiro atoms. The Hall–Kier alpha value is -2.69. The van der Waals surface area contributed by atoms with Crippen molar-refractivity contribution in [1.29, 1.82) is 0 Å². The second-order valence-electron chi connectivity index (χ2n) is 3.79. The van der Waals surface area contributed by atoms with E-state index >= 15 is 0 Å². The van der Waals surface area contributed by atoms with Crippen LogP contribution in [0.25, 0.3) is 17.1 Å². The zero-order valence-electron chi connectivity index (χ0n) is 9.56. The van der Waals surface area contributed by atoms with Crippen LogP contribution in [0.4, 0.5) is 5.82 Å². The van der Waals surface area contributed by atoms with Crippen molar-refractivity contribution >= 4 is 5.82 Å². The van der Waals surface area contributed by atoms with Crippen molar-refractivity contribution in [2.75, 3.05) is 5.73 Å². The summed E-state index contributed by atoms with van der Waals surface area (Å²) in [6, 6.07) is 11.2. The number of pyridine rings is 2. The number of hydrogen-bond acceptors (Lipinski definition) is 4. The first-order chi connectivity index (χ1) is 8.84. The maximum absolute atomic E-state index is 5.96. The van der Waals surface area contributed by atoms with Gasteiger partial charge in [0.15, 0.2) is 5.82 Å². The molecule has 5 nitrogen and oxygen atoms in total. The maximum atomic E-state index is 5.96. The van der Waals surface area contributed by atoms with Gasteiger partial charge in [0.05, 0.1) is 5.69 Å². The van der Waals surface area contributed by atoms with Crippen molar-refractivity contribution in [3.63, 3.8) is 0 Å². The van der Waals surface area contributed by atoms with E-state index in [-0.39, 0.29) is 0 Å². The van der Waals surface area contributed by atoms with Gasteiger partial charge >= 0.3 is 0 Å². The summed E-state index contributed by atoms with van der Waals surface area (Å²) in [5, 5.41) is 4.45. The highest BCUT2D eigenvalue weighted by molar-refractivity contribution is 5.62. The molecule has 88 valence electrons. The van der Waals surface area contributed by atoms with Crippen LogP contribution in [0.5, 0.6) is 0 Å². The lowest BCUT2D eigenvalue weighted by atomic mass is 10.2. The lowest BCUT2D eigenvalue weighted by Gasteiger charge is -2.01. The number of nitrogen functional groups attached to an aromatic ring is 1. The highest BCUT2D eigenvalue weighted by Crippen LogP contribution is 2.21. The van der Waals surface area contributed by atoms with Gasteiger partial charge in [0, 0.05) is 30.2 Å². The first-order valence-corrected chi connectivity index (χ1v) is 5.52. The van der Waals surface area contributed by atoms with Crippen LogP contribution in [-0.4, -0.2) is 19.7 Å². The Morgan fingerprint density at radius 3 is 2.56 bits per heavy atom. The van der Waals surface area contributed by atoms with Gasteiger partial charge in [0.2, 0.25) is 0 Å². The van der Waals surface area contributed by atoms with Gasteiger partial charge in [0.25, 0.3) is 0 Å². The second kappa shape index (κ2) is 4.29. The minimum absolute atomic E-state index is 0.556. The van der Waals surface area contributed by atoms with Crippen LogP contribution >= 0.6 is 0 Å². The van der Waals surface area contributed by atoms with E-state index in [0.29, 0.717) is 11.6 Å². The molecule has 5 heteroatoms. The lowest BCUT2D eigenvalue weighted by molar-refractivity contribution is 0.860. The zero-order chi connectivity index (χ0) is 12.4. The summed E-state index contributed by atoms with van der Waals surface area (Å²) in [6.07, 6.45) is 5.17. The smallest absolute Gasteiger partial charge is 0.155 e. The first-order valence-electron chi connectivity index (χ1n) is 5.52. The van der Waals surface area contributed by atoms with E-state index in [1.807, 2.05) is 36.4 Å². The molecule has 0 fully saturated rings. The van der Waals surface area contributed by atoms with Crippen LogP contribution in [0, 0.1) is 0 Å². The molecule has 0 aliphatic carbocycles. The SMILES string of the molecule is Nc1cc(-c2ccncc2)nn1-c1ccccn1. The normalized spacial score (nSPS) is 10.4. The number of anilines is 1. The summed E-state index contributed by atoms with van der Waals surface area (Å²) in [7, 11) is 0. The van der Waals surface area contributed by atoms with Gasteiger partial charge in [-0.2, -0.15) is 9.78 Å². The molecular formula is C13H11N5. The number of hydrogen-bond donors (Lipinski definition) is 1. The number of rotatable bonds is 2. The summed E-state index contributed by atoms with van der Waals surface area (Å²) in [5.41, 5.74) is 7.74. The van der Waals surface area contributed by atoms with Crippen molar-refractivity contribution in [2.45, 2.75) is 0 Å². The van der Waals surface area contributed by atoms with E-state index < -0.39 is 0 Å². The average molecular weight is 237 g/mol. The standard InChI is InChI=1S/C13H11N5/c14-12-9-11(10-4-7-15-8-5-10)17-18(12)13-3-1-2-6-16-13/h1-9H,14H2. The first kappa shape index (κ1) is 10.5. The van der Waals surface area contributed by atoms with Gasteiger partial charge in [-0.3, -0.25) is 4.98 Å². The predicted octanol–water partition coefficient (Wildman–Crippen LogP) is 1.91. The molecular weight excluding hydrogens is 226 g/mol. The molecule has 0 bridgehead atoms. The van der Waals surface area contributed by atoms with Crippen molar-refractivity contribution < 1.29 is 0 Å². The Bertz CT molecular complexity index is 646. The van der Waals surface area contributed by atoms with E-state index in [4.69, 9.17) is 5.73 Å². The maximum Gasteiger partial charge on any atom is 0.155 e. The van der Waals surface area contributed by atoms with Crippen molar-refractivity contribution in [3.05, 3.63) is 55.0 Å². The second-order valence-corrected chi connectivity index (χ2v) is 3.79. The van der Waals surface area contributed by atoms with E-state index in [9.17, 15) is 0 Å². The molecule has 0 saturated carbocycles. The van der Waals surface area contributed by atoms with Crippen molar-refractivity contribution in [3.8, 4) is 17.1 Å². The quantitative estimate of drug-likeness (QED) is 0.739. The Morgan fingerprint density at radius 2 is 1.83 bits per heavy atom. The van der Waals surface area contributed by atoms with Gasteiger partial charge < -0.3 is 5.73 Å². The number of nitrogens with two attached hydrogens (primary N) is 1. The molecule has 0 aliphatic heterocycles. The molecule has 0 aromatic carbocycles. The summed E-state index contributed by atoms with van der Waals surface area (Å²) < 4.78 is 1.62. The Labute approximate surface area is 104 Å². The molecule has 0 saturated heterocycles. The minimum Gasteiger partial charge on any atom is -0.384 e. The molecule has 0 atom stereocenters. The topological polar surface area (TPSA) is 69.6 Å². The number of nitrogens with zero attached hydrogens (tertiary/aromatic N) is 4. The molecule has 3 heterocycles. The molecule has 0 unspecified atom stereocenters. The van der Waals surface area contributed by atoms with Crippen LogP contribution in [0.2, 0.25) is 0 Å². The summed E-state index contributed by atoms with van der Waals surface area (Å²) in [6.45, 7) is 0. The molecule has 18 heavy (non-hydrogen) atoms. The lowest BCUT2D eigenvalue weighted by Crippen LogP contribution is -2.03. The molecule has 3 aromatic rings. The van der Waals surface area contributed by atoms with Gasteiger partial charge in [-0.1, -0.05) is 6.07 Å². The van der Waals surface area contributed by atoms with Gasteiger partial charge in [-0.25, -0.2) is 4.98 Å². The van der Waals surface area contributed by atoms with E-state index in [1.54, 1.807) is 23.3 Å². The van der Waals surface area contributed by atoms with Crippen LogP contribution in [0.3, 0.4) is 0 Å². The van der Waals surface area contributed by atoms with E-state index in [0.717, 1.165) is 11.3 Å². The largest absolute Gasteiger partial charge is 0.384 e. The molecule has 3 rings (SSSR count). The Balaban J connectivity index is 2.07. The fraction of sp³-hybridized carbons (Fsp3) is 0. The minimum atomic E-state index is 0.556. The highest BCUT2D eigenvalue weighted by Gasteiger charge is 2.08. The monoisotopic (exact) mass is 237 g/mol. The molecule has 2 N–H and O–H groups in total. The van der Waals surface area contributed by atoms with Gasteiger partial charge in [-0.15, -0.1) is 0 Å². The molecule has 3 aromatic heterocycles. The summed E-state index contributed by atoms with van der Waals surface area (Å²) in [5.74, 6) is 1.26. The van der Waals surface area contributed by atoms with E-state index in [2.05, 4.69) is 15.1 Å². The molecule has 0 amide bonds. The zero-order valence-corrected chi connectivity index (χ0v) is 9.56. The molecule has 0 radical (unpaired) electrons. The van der Waals surface area contributed by atoms with E-state index in [1.165, 1.54) is 0 Å². The third-order valence-electron chi connectivity index (χ3n) is 2.58. The third-order valence-corrected chi connectivity index (χ3v) is 2.58. The van der Waals surface area contributed by atoms with Gasteiger partial charge in [0.1, 0.15) is 5.82 Å². The number of aromatic nitrogens is 4. The fourth-order valence-corrected chi connectivity index (χ4v) is 1.72. The average Bonchev–Trinajstić information content (AvgIpc) is 2.83. The summed E-state index contributed by atoms with van der Waals surface area (Å²) in [4.78, 5) is 8.21. The predicted molar refractivity (Wildman–Crippen MR) is 69.0 cm³/mol.